The molecule has 1 aromatic carbocycles. The van der Waals surface area contributed by atoms with Crippen LogP contribution in [0.3, 0.4) is 0 Å². The van der Waals surface area contributed by atoms with E-state index in [-0.39, 0.29) is 21.0 Å². The van der Waals surface area contributed by atoms with E-state index in [4.69, 9.17) is 16.3 Å². The molecule has 0 radical (unpaired) electrons. The zero-order chi connectivity index (χ0) is 18.5. The number of hydrogen-bond acceptors (Lipinski definition) is 6. The van der Waals surface area contributed by atoms with Crippen LogP contribution in [-0.4, -0.2) is 33.8 Å². The number of rotatable bonds is 3. The number of methoxy groups -OCH3 is 1. The average molecular weight is 385 g/mol. The Morgan fingerprint density at radius 2 is 1.84 bits per heavy atom. The Morgan fingerprint density at radius 1 is 1.16 bits per heavy atom. The van der Waals surface area contributed by atoms with Gasteiger partial charge in [0.25, 0.3) is 15.6 Å². The second-order valence-corrected chi connectivity index (χ2v) is 7.45. The highest BCUT2D eigenvalue weighted by atomic mass is 35.5. The number of aryl methyl sites for hydroxylation is 1. The first kappa shape index (κ1) is 17.2. The molecule has 0 amide bonds. The third-order valence-electron chi connectivity index (χ3n) is 3.77. The van der Waals surface area contributed by atoms with Gasteiger partial charge in [-0.15, -0.1) is 5.10 Å². The summed E-state index contributed by atoms with van der Waals surface area (Å²) < 4.78 is 33.1. The lowest BCUT2D eigenvalue weighted by molar-refractivity contribution is 0.414. The van der Waals surface area contributed by atoms with Crippen molar-refractivity contribution in [2.24, 2.45) is 14.1 Å². The summed E-state index contributed by atoms with van der Waals surface area (Å²) in [6.07, 6.45) is 1.07. The highest BCUT2D eigenvalue weighted by Crippen LogP contribution is 2.27. The maximum Gasteiger partial charge on any atom is 0.332 e. The molecule has 25 heavy (non-hydrogen) atoms. The van der Waals surface area contributed by atoms with Crippen LogP contribution in [0, 0.1) is 0 Å². The van der Waals surface area contributed by atoms with Crippen molar-refractivity contribution in [3.63, 3.8) is 0 Å². The predicted molar refractivity (Wildman–Crippen MR) is 90.8 cm³/mol. The summed E-state index contributed by atoms with van der Waals surface area (Å²) in [6, 6.07) is 3.94. The van der Waals surface area contributed by atoms with E-state index in [1.54, 1.807) is 0 Å². The van der Waals surface area contributed by atoms with Crippen LogP contribution in [0.25, 0.3) is 11.0 Å². The van der Waals surface area contributed by atoms with Gasteiger partial charge in [-0.2, -0.15) is 12.5 Å². The first-order valence-electron chi connectivity index (χ1n) is 6.93. The summed E-state index contributed by atoms with van der Waals surface area (Å²) in [7, 11) is 0.00899. The van der Waals surface area contributed by atoms with Gasteiger partial charge >= 0.3 is 5.69 Å². The molecule has 0 spiro atoms. The summed E-state index contributed by atoms with van der Waals surface area (Å²) in [4.78, 5) is 24.0. The third kappa shape index (κ3) is 2.53. The topological polar surface area (TPSA) is 105 Å². The Bertz CT molecular complexity index is 1220. The van der Waals surface area contributed by atoms with Crippen molar-refractivity contribution < 1.29 is 13.2 Å². The molecule has 132 valence electrons. The van der Waals surface area contributed by atoms with Crippen molar-refractivity contribution in [3.05, 3.63) is 50.3 Å². The number of halogens is 1. The minimum Gasteiger partial charge on any atom is -0.495 e. The molecule has 0 N–H and O–H groups in total. The molecular weight excluding hydrogens is 372 g/mol. The fraction of sp³-hybridized carbons (Fsp3) is 0.214. The SMILES string of the molecule is COc1ccc(S(=O)(=O)n2cc3c(=O)n(C)c(=O)n(C)c3n2)cc1Cl. The number of hydrogen-bond donors (Lipinski definition) is 0. The molecule has 11 heteroatoms. The van der Waals surface area contributed by atoms with Crippen molar-refractivity contribution in [2.75, 3.05) is 7.11 Å². The van der Waals surface area contributed by atoms with Gasteiger partial charge in [0.15, 0.2) is 5.65 Å². The van der Waals surface area contributed by atoms with Gasteiger partial charge in [-0.3, -0.25) is 13.9 Å². The predicted octanol–water partition coefficient (Wildman–Crippen LogP) is 0.333. The zero-order valence-corrected chi connectivity index (χ0v) is 15.0. The summed E-state index contributed by atoms with van der Waals surface area (Å²) in [6.45, 7) is 0. The lowest BCUT2D eigenvalue weighted by atomic mass is 10.3. The minimum absolute atomic E-state index is 0.00721. The van der Waals surface area contributed by atoms with Crippen molar-refractivity contribution in [1.82, 2.24) is 18.3 Å². The zero-order valence-electron chi connectivity index (χ0n) is 13.4. The Balaban J connectivity index is 2.27. The molecule has 9 nitrogen and oxygen atoms in total. The van der Waals surface area contributed by atoms with E-state index in [9.17, 15) is 18.0 Å². The Kier molecular flexibility index (Phi) is 3.96. The second kappa shape index (κ2) is 5.74. The number of fused-ring (bicyclic) bond motifs is 1. The van der Waals surface area contributed by atoms with E-state index in [1.807, 2.05) is 0 Å². The molecule has 2 aromatic heterocycles. The third-order valence-corrected chi connectivity index (χ3v) is 5.59. The van der Waals surface area contributed by atoms with Crippen LogP contribution in [0.4, 0.5) is 0 Å². The van der Waals surface area contributed by atoms with E-state index >= 15 is 0 Å². The molecule has 0 unspecified atom stereocenters. The molecule has 0 bridgehead atoms. The van der Waals surface area contributed by atoms with Crippen LogP contribution in [0.5, 0.6) is 5.75 Å². The smallest absolute Gasteiger partial charge is 0.332 e. The molecule has 2 heterocycles. The van der Waals surface area contributed by atoms with Gasteiger partial charge in [0.05, 0.1) is 23.2 Å². The normalized spacial score (nSPS) is 11.8. The van der Waals surface area contributed by atoms with Crippen LogP contribution in [0.2, 0.25) is 5.02 Å². The number of aromatic nitrogens is 4. The highest BCUT2D eigenvalue weighted by Gasteiger charge is 2.22. The van der Waals surface area contributed by atoms with Gasteiger partial charge in [-0.05, 0) is 18.2 Å². The molecule has 0 saturated heterocycles. The van der Waals surface area contributed by atoms with Gasteiger partial charge in [0.1, 0.15) is 11.1 Å². The maximum atomic E-state index is 12.8. The second-order valence-electron chi connectivity index (χ2n) is 5.25. The molecule has 0 saturated carbocycles. The number of ether oxygens (including phenoxy) is 1. The molecular formula is C14H13ClN4O5S. The highest BCUT2D eigenvalue weighted by molar-refractivity contribution is 7.89. The molecule has 3 rings (SSSR count). The fourth-order valence-corrected chi connectivity index (χ4v) is 3.84. The monoisotopic (exact) mass is 384 g/mol. The Morgan fingerprint density at radius 3 is 2.44 bits per heavy atom. The molecule has 0 aliphatic heterocycles. The van der Waals surface area contributed by atoms with Crippen molar-refractivity contribution >= 4 is 32.7 Å². The largest absolute Gasteiger partial charge is 0.495 e. The molecule has 3 aromatic rings. The van der Waals surface area contributed by atoms with Gasteiger partial charge < -0.3 is 4.74 Å². The van der Waals surface area contributed by atoms with Crippen LogP contribution >= 0.6 is 11.6 Å². The lowest BCUT2D eigenvalue weighted by Gasteiger charge is -2.07. The average Bonchev–Trinajstić information content (AvgIpc) is 3.04. The Labute approximate surface area is 146 Å². The molecule has 0 aliphatic rings. The van der Waals surface area contributed by atoms with Crippen LogP contribution in [-0.2, 0) is 24.1 Å². The van der Waals surface area contributed by atoms with Gasteiger partial charge in [0, 0.05) is 14.1 Å². The van der Waals surface area contributed by atoms with Gasteiger partial charge in [-0.1, -0.05) is 11.6 Å². The van der Waals surface area contributed by atoms with Crippen molar-refractivity contribution in [3.8, 4) is 5.75 Å². The summed E-state index contributed by atoms with van der Waals surface area (Å²) in [5.41, 5.74) is -1.27. The molecule has 0 aliphatic carbocycles. The number of nitrogens with zero attached hydrogens (tertiary/aromatic N) is 4. The lowest BCUT2D eigenvalue weighted by Crippen LogP contribution is -2.36. The Hall–Kier alpha value is -2.59. The van der Waals surface area contributed by atoms with Gasteiger partial charge in [-0.25, -0.2) is 4.79 Å². The van der Waals surface area contributed by atoms with Crippen molar-refractivity contribution in [2.45, 2.75) is 4.90 Å². The maximum absolute atomic E-state index is 12.8. The number of benzene rings is 1. The van der Waals surface area contributed by atoms with E-state index in [0.29, 0.717) is 9.84 Å². The standard InChI is InChI=1S/C14H13ClN4O5S/c1-17-12-9(13(20)18(2)14(17)21)7-19(16-12)25(22,23)8-4-5-11(24-3)10(15)6-8/h4-7H,1-3H3. The van der Waals surface area contributed by atoms with E-state index < -0.39 is 21.3 Å². The summed E-state index contributed by atoms with van der Waals surface area (Å²) in [5, 5.41) is 4.02. The van der Waals surface area contributed by atoms with Crippen LogP contribution in [0.15, 0.2) is 38.9 Å². The van der Waals surface area contributed by atoms with E-state index in [0.717, 1.165) is 15.3 Å². The van der Waals surface area contributed by atoms with Crippen LogP contribution in [0.1, 0.15) is 0 Å². The van der Waals surface area contributed by atoms with E-state index in [1.165, 1.54) is 39.4 Å². The molecule has 0 atom stereocenters. The van der Waals surface area contributed by atoms with Crippen LogP contribution < -0.4 is 16.0 Å². The fourth-order valence-electron chi connectivity index (χ4n) is 2.36. The first-order valence-corrected chi connectivity index (χ1v) is 8.75. The van der Waals surface area contributed by atoms with Gasteiger partial charge in [0.2, 0.25) is 0 Å². The summed E-state index contributed by atoms with van der Waals surface area (Å²) in [5.74, 6) is 0.322. The van der Waals surface area contributed by atoms with Crippen molar-refractivity contribution in [1.29, 1.82) is 0 Å². The van der Waals surface area contributed by atoms with E-state index in [2.05, 4.69) is 5.10 Å². The quantitative estimate of drug-likeness (QED) is 0.644. The first-order chi connectivity index (χ1) is 11.7. The molecule has 0 fully saturated rings. The summed E-state index contributed by atoms with van der Waals surface area (Å²) >= 11 is 5.98. The minimum atomic E-state index is -4.11.